The Balaban J connectivity index is 1.54. The van der Waals surface area contributed by atoms with E-state index in [9.17, 15) is 4.79 Å². The third-order valence-corrected chi connectivity index (χ3v) is 8.17. The van der Waals surface area contributed by atoms with Crippen molar-refractivity contribution < 1.29 is 4.79 Å². The largest absolute Gasteiger partial charge is 0.343 e. The SMILES string of the molecule is Cc1nn(-c2nc3ccccc3s2)c2c1[C@@H]([C@H]1CC=CCC1)C1=C(CC(C)(C)CC1=O)N2. The molecule has 3 heterocycles. The fourth-order valence-corrected chi connectivity index (χ4v) is 6.73. The molecule has 0 radical (unpaired) electrons. The third kappa shape index (κ3) is 3.07. The molecule has 0 saturated carbocycles. The first kappa shape index (κ1) is 19.9. The minimum atomic E-state index is -0.0345. The first-order chi connectivity index (χ1) is 15.4. The number of fused-ring (bicyclic) bond motifs is 2. The van der Waals surface area contributed by atoms with Gasteiger partial charge in [-0.1, -0.05) is 49.5 Å². The predicted molar refractivity (Wildman–Crippen MR) is 129 cm³/mol. The van der Waals surface area contributed by atoms with E-state index in [0.29, 0.717) is 18.1 Å². The number of ketones is 1. The molecule has 0 spiro atoms. The lowest BCUT2D eigenvalue weighted by Gasteiger charge is -2.41. The number of nitrogens with one attached hydrogen (secondary N) is 1. The number of hydrogen-bond acceptors (Lipinski definition) is 5. The van der Waals surface area contributed by atoms with Crippen LogP contribution in [0, 0.1) is 18.3 Å². The van der Waals surface area contributed by atoms with Gasteiger partial charge in [-0.25, -0.2) is 4.98 Å². The molecule has 164 valence electrons. The molecule has 0 bridgehead atoms. The van der Waals surface area contributed by atoms with E-state index in [1.54, 1.807) is 11.3 Å². The fraction of sp³-hybridized carbons (Fsp3) is 0.423. The molecule has 0 unspecified atom stereocenters. The van der Waals surface area contributed by atoms with Gasteiger partial charge < -0.3 is 5.32 Å². The number of anilines is 1. The smallest absolute Gasteiger partial charge is 0.213 e. The second-order valence-corrected chi connectivity index (χ2v) is 11.2. The van der Waals surface area contributed by atoms with Crippen LogP contribution in [0.15, 0.2) is 47.7 Å². The van der Waals surface area contributed by atoms with Crippen molar-refractivity contribution in [2.45, 2.75) is 58.8 Å². The van der Waals surface area contributed by atoms with Gasteiger partial charge in [-0.15, -0.1) is 0 Å². The van der Waals surface area contributed by atoms with Gasteiger partial charge in [0.15, 0.2) is 5.78 Å². The zero-order valence-electron chi connectivity index (χ0n) is 18.8. The minimum absolute atomic E-state index is 0.0345. The number of hydrogen-bond donors (Lipinski definition) is 1. The van der Waals surface area contributed by atoms with Crippen molar-refractivity contribution in [2.75, 3.05) is 5.32 Å². The lowest BCUT2D eigenvalue weighted by molar-refractivity contribution is -0.118. The Hall–Kier alpha value is -2.73. The molecule has 1 aliphatic heterocycles. The summed E-state index contributed by atoms with van der Waals surface area (Å²) in [7, 11) is 0. The number of Topliss-reactive ketones (excluding diaryl/α,β-unsaturated/α-hetero) is 1. The van der Waals surface area contributed by atoms with Crippen molar-refractivity contribution in [3.05, 3.63) is 58.9 Å². The summed E-state index contributed by atoms with van der Waals surface area (Å²) in [5, 5.41) is 9.53. The van der Waals surface area contributed by atoms with Gasteiger partial charge in [-0.2, -0.15) is 9.78 Å². The highest BCUT2D eigenvalue weighted by Crippen LogP contribution is 2.52. The van der Waals surface area contributed by atoms with Crippen LogP contribution in [0.3, 0.4) is 0 Å². The van der Waals surface area contributed by atoms with Gasteiger partial charge in [-0.3, -0.25) is 4.79 Å². The molecule has 5 nitrogen and oxygen atoms in total. The van der Waals surface area contributed by atoms with E-state index in [4.69, 9.17) is 10.1 Å². The molecule has 2 aliphatic carbocycles. The maximum atomic E-state index is 13.5. The van der Waals surface area contributed by atoms with Crippen molar-refractivity contribution in [3.63, 3.8) is 0 Å². The van der Waals surface area contributed by atoms with Crippen molar-refractivity contribution in [3.8, 4) is 5.13 Å². The summed E-state index contributed by atoms with van der Waals surface area (Å²) < 4.78 is 3.14. The van der Waals surface area contributed by atoms with Gasteiger partial charge >= 0.3 is 0 Å². The zero-order chi connectivity index (χ0) is 22.0. The van der Waals surface area contributed by atoms with Crippen molar-refractivity contribution >= 4 is 33.2 Å². The van der Waals surface area contributed by atoms with E-state index in [-0.39, 0.29) is 11.3 Å². The minimum Gasteiger partial charge on any atom is -0.343 e. The van der Waals surface area contributed by atoms with Gasteiger partial charge in [0.25, 0.3) is 0 Å². The van der Waals surface area contributed by atoms with Gasteiger partial charge in [0.2, 0.25) is 5.13 Å². The highest BCUT2D eigenvalue weighted by molar-refractivity contribution is 7.20. The molecular weight excluding hydrogens is 416 g/mol. The monoisotopic (exact) mass is 444 g/mol. The molecule has 1 aromatic carbocycles. The van der Waals surface area contributed by atoms with E-state index in [1.165, 1.54) is 5.56 Å². The summed E-state index contributed by atoms with van der Waals surface area (Å²) in [6.45, 7) is 6.47. The van der Waals surface area contributed by atoms with Crippen LogP contribution in [-0.2, 0) is 4.79 Å². The Morgan fingerprint density at radius 2 is 2.03 bits per heavy atom. The van der Waals surface area contributed by atoms with E-state index in [0.717, 1.165) is 63.8 Å². The number of carbonyl (C=O) groups is 1. The summed E-state index contributed by atoms with van der Waals surface area (Å²) >= 11 is 1.66. The summed E-state index contributed by atoms with van der Waals surface area (Å²) in [6.07, 6.45) is 9.28. The van der Waals surface area contributed by atoms with E-state index in [2.05, 4.69) is 44.3 Å². The number of benzene rings is 1. The molecular formula is C26H28N4OS. The highest BCUT2D eigenvalue weighted by Gasteiger charge is 2.45. The van der Waals surface area contributed by atoms with Crippen molar-refractivity contribution in [1.82, 2.24) is 14.8 Å². The van der Waals surface area contributed by atoms with Crippen LogP contribution in [0.2, 0.25) is 0 Å². The quantitative estimate of drug-likeness (QED) is 0.471. The molecule has 6 rings (SSSR count). The molecule has 3 aliphatic rings. The van der Waals surface area contributed by atoms with Crippen LogP contribution in [0.5, 0.6) is 0 Å². The van der Waals surface area contributed by atoms with Crippen molar-refractivity contribution in [2.24, 2.45) is 11.3 Å². The lowest BCUT2D eigenvalue weighted by Crippen LogP contribution is -2.36. The number of rotatable bonds is 2. The van der Waals surface area contributed by atoms with Crippen molar-refractivity contribution in [1.29, 1.82) is 0 Å². The molecule has 2 aromatic heterocycles. The first-order valence-corrected chi connectivity index (χ1v) is 12.4. The Bertz CT molecular complexity index is 1280. The van der Waals surface area contributed by atoms with E-state index >= 15 is 0 Å². The van der Waals surface area contributed by atoms with Crippen LogP contribution in [-0.4, -0.2) is 20.5 Å². The maximum Gasteiger partial charge on any atom is 0.213 e. The van der Waals surface area contributed by atoms with Crippen LogP contribution >= 0.6 is 11.3 Å². The van der Waals surface area contributed by atoms with E-state index < -0.39 is 0 Å². The second-order valence-electron chi connectivity index (χ2n) is 10.2. The van der Waals surface area contributed by atoms with E-state index in [1.807, 2.05) is 22.9 Å². The molecule has 2 atom stereocenters. The Labute approximate surface area is 192 Å². The molecule has 6 heteroatoms. The molecule has 3 aromatic rings. The second kappa shape index (κ2) is 7.14. The van der Waals surface area contributed by atoms with Gasteiger partial charge in [0.05, 0.1) is 15.9 Å². The summed E-state index contributed by atoms with van der Waals surface area (Å²) in [6, 6.07) is 8.22. The number of thiazole rings is 1. The Morgan fingerprint density at radius 1 is 1.19 bits per heavy atom. The van der Waals surface area contributed by atoms with Crippen LogP contribution in [0.1, 0.15) is 63.1 Å². The fourth-order valence-electron chi connectivity index (χ4n) is 5.81. The molecule has 1 N–H and O–H groups in total. The highest BCUT2D eigenvalue weighted by atomic mass is 32.1. The standard InChI is InChI=1S/C26H28N4OS/c1-15-21-22(16-9-5-4-6-10-16)23-18(13-26(2,3)14-19(23)31)27-24(21)30(29-15)25-28-17-11-7-8-12-20(17)32-25/h4-5,7-8,11-12,16,22,27H,6,9-10,13-14H2,1-3H3/t16-,22+/m0/s1. The van der Waals surface area contributed by atoms with Gasteiger partial charge in [-0.05, 0) is 56.1 Å². The predicted octanol–water partition coefficient (Wildman–Crippen LogP) is 6.30. The van der Waals surface area contributed by atoms with Crippen LogP contribution in [0.4, 0.5) is 5.82 Å². The maximum absolute atomic E-state index is 13.5. The summed E-state index contributed by atoms with van der Waals surface area (Å²) in [4.78, 5) is 18.3. The van der Waals surface area contributed by atoms with Gasteiger partial charge in [0.1, 0.15) is 5.82 Å². The summed E-state index contributed by atoms with van der Waals surface area (Å²) in [5.41, 5.74) is 5.26. The average Bonchev–Trinajstić information content (AvgIpc) is 3.33. The molecule has 0 saturated heterocycles. The zero-order valence-corrected chi connectivity index (χ0v) is 19.6. The number of aryl methyl sites for hydroxylation is 1. The Kier molecular flexibility index (Phi) is 4.44. The first-order valence-electron chi connectivity index (χ1n) is 11.5. The number of aromatic nitrogens is 3. The molecule has 32 heavy (non-hydrogen) atoms. The lowest BCUT2D eigenvalue weighted by atomic mass is 9.66. The average molecular weight is 445 g/mol. The molecule has 0 amide bonds. The topological polar surface area (TPSA) is 59.8 Å². The number of allylic oxidation sites excluding steroid dienone is 4. The number of nitrogens with zero attached hydrogens (tertiary/aromatic N) is 3. The number of carbonyl (C=O) groups excluding carboxylic acids is 1. The van der Waals surface area contributed by atoms with Gasteiger partial charge in [0, 0.05) is 29.2 Å². The van der Waals surface area contributed by atoms with Crippen LogP contribution < -0.4 is 5.32 Å². The summed E-state index contributed by atoms with van der Waals surface area (Å²) in [5.74, 6) is 1.85. The number of para-hydroxylation sites is 1. The normalized spacial score (nSPS) is 24.4. The van der Waals surface area contributed by atoms with Crippen LogP contribution in [0.25, 0.3) is 15.3 Å². The Morgan fingerprint density at radius 3 is 2.81 bits per heavy atom. The molecule has 0 fully saturated rings. The third-order valence-electron chi connectivity index (χ3n) is 7.16.